The Morgan fingerprint density at radius 1 is 1.28 bits per heavy atom. The molecular weight excluding hydrogens is 252 g/mol. The molecule has 0 aromatic heterocycles. The van der Waals surface area contributed by atoms with Gasteiger partial charge >= 0.3 is 0 Å². The van der Waals surface area contributed by atoms with Gasteiger partial charge in [-0.15, -0.1) is 0 Å². The molecule has 1 aliphatic rings. The van der Waals surface area contributed by atoms with Crippen molar-refractivity contribution in [1.29, 1.82) is 0 Å². The van der Waals surface area contributed by atoms with E-state index in [0.29, 0.717) is 6.42 Å². The van der Waals surface area contributed by atoms with Gasteiger partial charge in [0.15, 0.2) is 0 Å². The molecule has 0 aromatic carbocycles. The van der Waals surface area contributed by atoms with E-state index < -0.39 is 10.0 Å². The summed E-state index contributed by atoms with van der Waals surface area (Å²) in [6, 6.07) is -0.0335. The van der Waals surface area contributed by atoms with E-state index in [1.165, 1.54) is 0 Å². The second kappa shape index (κ2) is 8.09. The summed E-state index contributed by atoms with van der Waals surface area (Å²) < 4.78 is 31.9. The molecule has 0 spiro atoms. The van der Waals surface area contributed by atoms with Crippen molar-refractivity contribution in [2.24, 2.45) is 0 Å². The number of unbranched alkanes of at least 4 members (excludes halogenated alkanes) is 1. The molecule has 0 heterocycles. The van der Waals surface area contributed by atoms with E-state index >= 15 is 0 Å². The van der Waals surface area contributed by atoms with Crippen molar-refractivity contribution in [1.82, 2.24) is 10.0 Å². The zero-order valence-corrected chi connectivity index (χ0v) is 12.3. The van der Waals surface area contributed by atoms with Crippen LogP contribution in [-0.4, -0.2) is 46.5 Å². The first kappa shape index (κ1) is 15.9. The molecule has 1 fully saturated rings. The summed E-state index contributed by atoms with van der Waals surface area (Å²) in [5.74, 6) is 0.214. The van der Waals surface area contributed by atoms with Gasteiger partial charge in [0, 0.05) is 13.2 Å². The fourth-order valence-electron chi connectivity index (χ4n) is 2.35. The first-order chi connectivity index (χ1) is 8.59. The maximum absolute atomic E-state index is 11.9. The van der Waals surface area contributed by atoms with Crippen molar-refractivity contribution in [2.75, 3.05) is 26.0 Å². The van der Waals surface area contributed by atoms with Gasteiger partial charge in [-0.25, -0.2) is 13.1 Å². The largest absolute Gasteiger partial charge is 0.380 e. The molecule has 2 N–H and O–H groups in total. The Hall–Kier alpha value is -0.170. The van der Waals surface area contributed by atoms with Gasteiger partial charge < -0.3 is 10.1 Å². The molecule has 5 nitrogen and oxygen atoms in total. The van der Waals surface area contributed by atoms with Crippen LogP contribution in [0.1, 0.15) is 39.0 Å². The fraction of sp³-hybridized carbons (Fsp3) is 1.00. The highest BCUT2D eigenvalue weighted by atomic mass is 32.2. The topological polar surface area (TPSA) is 67.4 Å². The number of sulfonamides is 1. The smallest absolute Gasteiger partial charge is 0.211 e. The van der Waals surface area contributed by atoms with Crippen LogP contribution >= 0.6 is 0 Å². The average Bonchev–Trinajstić information content (AvgIpc) is 2.75. The molecule has 0 saturated heterocycles. The van der Waals surface area contributed by atoms with E-state index in [9.17, 15) is 8.42 Å². The zero-order chi connectivity index (χ0) is 13.4. The number of methoxy groups -OCH3 is 1. The van der Waals surface area contributed by atoms with Gasteiger partial charge in [-0.05, 0) is 45.2 Å². The quantitative estimate of drug-likeness (QED) is 0.614. The molecule has 18 heavy (non-hydrogen) atoms. The predicted octanol–water partition coefficient (Wildman–Crippen LogP) is 0.863. The summed E-state index contributed by atoms with van der Waals surface area (Å²) in [5.41, 5.74) is 0. The van der Waals surface area contributed by atoms with Crippen LogP contribution in [0.25, 0.3) is 0 Å². The van der Waals surface area contributed by atoms with Crippen molar-refractivity contribution < 1.29 is 13.2 Å². The Labute approximate surface area is 111 Å². The minimum Gasteiger partial charge on any atom is -0.380 e. The number of hydrogen-bond acceptors (Lipinski definition) is 4. The third-order valence-corrected chi connectivity index (χ3v) is 4.84. The highest BCUT2D eigenvalue weighted by Crippen LogP contribution is 2.22. The Morgan fingerprint density at radius 2 is 2.06 bits per heavy atom. The predicted molar refractivity (Wildman–Crippen MR) is 73.1 cm³/mol. The van der Waals surface area contributed by atoms with Crippen molar-refractivity contribution in [3.8, 4) is 0 Å². The average molecular weight is 278 g/mol. The van der Waals surface area contributed by atoms with Crippen LogP contribution in [0.4, 0.5) is 0 Å². The lowest BCUT2D eigenvalue weighted by atomic mass is 10.2. The SMILES string of the molecule is CCNCCCCS(=O)(=O)NC1CCCC1OC. The summed E-state index contributed by atoms with van der Waals surface area (Å²) >= 11 is 0. The Morgan fingerprint density at radius 3 is 2.72 bits per heavy atom. The van der Waals surface area contributed by atoms with Crippen LogP contribution in [0.15, 0.2) is 0 Å². The molecular formula is C12H26N2O3S. The van der Waals surface area contributed by atoms with Gasteiger partial charge in [-0.1, -0.05) is 6.92 Å². The van der Waals surface area contributed by atoms with Crippen LogP contribution in [0, 0.1) is 0 Å². The molecule has 0 radical (unpaired) electrons. The lowest BCUT2D eigenvalue weighted by molar-refractivity contribution is 0.0916. The van der Waals surface area contributed by atoms with Crippen LogP contribution in [-0.2, 0) is 14.8 Å². The lowest BCUT2D eigenvalue weighted by Gasteiger charge is -2.19. The minimum absolute atomic E-state index is 0.0335. The van der Waals surface area contributed by atoms with E-state index in [0.717, 1.165) is 38.8 Å². The molecule has 1 saturated carbocycles. The van der Waals surface area contributed by atoms with E-state index in [-0.39, 0.29) is 17.9 Å². The first-order valence-corrected chi connectivity index (χ1v) is 8.48. The van der Waals surface area contributed by atoms with Crippen molar-refractivity contribution in [3.05, 3.63) is 0 Å². The highest BCUT2D eigenvalue weighted by molar-refractivity contribution is 7.89. The summed E-state index contributed by atoms with van der Waals surface area (Å²) in [6.45, 7) is 3.86. The van der Waals surface area contributed by atoms with Gasteiger partial charge in [0.25, 0.3) is 0 Å². The molecule has 2 atom stereocenters. The summed E-state index contributed by atoms with van der Waals surface area (Å²) in [5, 5.41) is 3.19. The zero-order valence-electron chi connectivity index (χ0n) is 11.4. The van der Waals surface area contributed by atoms with E-state index in [2.05, 4.69) is 10.0 Å². The standard InChI is InChI=1S/C12H26N2O3S/c1-3-13-9-4-5-10-18(15,16)14-11-7-6-8-12(11)17-2/h11-14H,3-10H2,1-2H3. The molecule has 0 amide bonds. The molecule has 108 valence electrons. The molecule has 0 bridgehead atoms. The maximum atomic E-state index is 11.9. The number of hydrogen-bond donors (Lipinski definition) is 2. The summed E-state index contributed by atoms with van der Waals surface area (Å²) in [7, 11) is -1.51. The lowest BCUT2D eigenvalue weighted by Crippen LogP contribution is -2.41. The molecule has 2 unspecified atom stereocenters. The molecule has 6 heteroatoms. The second-order valence-corrected chi connectivity index (χ2v) is 6.68. The van der Waals surface area contributed by atoms with Crippen molar-refractivity contribution in [2.45, 2.75) is 51.2 Å². The number of ether oxygens (including phenoxy) is 1. The molecule has 1 aliphatic carbocycles. The van der Waals surface area contributed by atoms with Crippen molar-refractivity contribution >= 4 is 10.0 Å². The third kappa shape index (κ3) is 5.65. The van der Waals surface area contributed by atoms with Crippen LogP contribution in [0.2, 0.25) is 0 Å². The van der Waals surface area contributed by atoms with Gasteiger partial charge in [0.1, 0.15) is 0 Å². The van der Waals surface area contributed by atoms with Gasteiger partial charge in [-0.2, -0.15) is 0 Å². The highest BCUT2D eigenvalue weighted by Gasteiger charge is 2.30. The van der Waals surface area contributed by atoms with Crippen LogP contribution in [0.5, 0.6) is 0 Å². The Bertz CT molecular complexity index is 319. The second-order valence-electron chi connectivity index (χ2n) is 4.81. The van der Waals surface area contributed by atoms with Gasteiger partial charge in [-0.3, -0.25) is 0 Å². The van der Waals surface area contributed by atoms with E-state index in [4.69, 9.17) is 4.74 Å². The van der Waals surface area contributed by atoms with Crippen LogP contribution in [0.3, 0.4) is 0 Å². The summed E-state index contributed by atoms with van der Waals surface area (Å²) in [6.07, 6.45) is 4.51. The Balaban J connectivity index is 2.26. The van der Waals surface area contributed by atoms with Gasteiger partial charge in [0.05, 0.1) is 11.9 Å². The minimum atomic E-state index is -3.15. The molecule has 0 aromatic rings. The number of rotatable bonds is 9. The number of nitrogens with one attached hydrogen (secondary N) is 2. The van der Waals surface area contributed by atoms with E-state index in [1.807, 2.05) is 6.92 Å². The summed E-state index contributed by atoms with van der Waals surface area (Å²) in [4.78, 5) is 0. The first-order valence-electron chi connectivity index (χ1n) is 6.82. The fourth-order valence-corrected chi connectivity index (χ4v) is 3.78. The van der Waals surface area contributed by atoms with Gasteiger partial charge in [0.2, 0.25) is 10.0 Å². The monoisotopic (exact) mass is 278 g/mol. The maximum Gasteiger partial charge on any atom is 0.211 e. The molecule has 1 rings (SSSR count). The Kier molecular flexibility index (Phi) is 7.14. The normalized spacial score (nSPS) is 24.6. The third-order valence-electron chi connectivity index (χ3n) is 3.35. The molecule has 0 aliphatic heterocycles. The van der Waals surface area contributed by atoms with Crippen LogP contribution < -0.4 is 10.0 Å². The van der Waals surface area contributed by atoms with E-state index in [1.54, 1.807) is 7.11 Å². The van der Waals surface area contributed by atoms with Crippen molar-refractivity contribution in [3.63, 3.8) is 0 Å².